The van der Waals surface area contributed by atoms with E-state index in [2.05, 4.69) is 34.8 Å². The van der Waals surface area contributed by atoms with Gasteiger partial charge in [0.2, 0.25) is 0 Å². The minimum atomic E-state index is 0.324. The number of rotatable bonds is 2. The van der Waals surface area contributed by atoms with Gasteiger partial charge in [-0.05, 0) is 45.8 Å². The van der Waals surface area contributed by atoms with Crippen molar-refractivity contribution in [1.82, 2.24) is 14.7 Å². The normalized spacial score (nSPS) is 31.2. The first-order valence-corrected chi connectivity index (χ1v) is 9.73. The largest absolute Gasteiger partial charge is 0.325 e. The van der Waals surface area contributed by atoms with Crippen molar-refractivity contribution in [3.8, 4) is 0 Å². The van der Waals surface area contributed by atoms with Gasteiger partial charge in [-0.2, -0.15) is 11.8 Å². The van der Waals surface area contributed by atoms with Crippen molar-refractivity contribution in [3.05, 3.63) is 0 Å². The molecule has 3 aliphatic heterocycles. The molecule has 0 aliphatic carbocycles. The molecule has 2 atom stereocenters. The number of amides is 2. The van der Waals surface area contributed by atoms with Crippen LogP contribution in [0.25, 0.3) is 0 Å². The molecule has 0 aromatic heterocycles. The monoisotopic (exact) mass is 311 g/mol. The van der Waals surface area contributed by atoms with Gasteiger partial charge in [0.1, 0.15) is 0 Å². The maximum absolute atomic E-state index is 12.9. The van der Waals surface area contributed by atoms with E-state index in [1.54, 1.807) is 0 Å². The van der Waals surface area contributed by atoms with Crippen LogP contribution in [0.3, 0.4) is 0 Å². The summed E-state index contributed by atoms with van der Waals surface area (Å²) in [4.78, 5) is 19.8. The predicted molar refractivity (Wildman–Crippen MR) is 88.9 cm³/mol. The fourth-order valence-electron chi connectivity index (χ4n) is 4.12. The molecule has 2 unspecified atom stereocenters. The summed E-state index contributed by atoms with van der Waals surface area (Å²) >= 11 is 1.95. The number of hydrogen-bond acceptors (Lipinski definition) is 3. The summed E-state index contributed by atoms with van der Waals surface area (Å²) < 4.78 is 0. The molecular weight excluding hydrogens is 282 g/mol. The lowest BCUT2D eigenvalue weighted by Gasteiger charge is -2.45. The van der Waals surface area contributed by atoms with Crippen LogP contribution in [0, 0.1) is 0 Å². The van der Waals surface area contributed by atoms with Crippen LogP contribution in [0.15, 0.2) is 0 Å². The molecule has 5 heteroatoms. The number of thioether (sulfide) groups is 1. The molecular formula is C16H29N3OS. The van der Waals surface area contributed by atoms with Crippen LogP contribution < -0.4 is 0 Å². The zero-order valence-corrected chi connectivity index (χ0v) is 14.4. The molecule has 0 radical (unpaired) electrons. The number of carbonyl (C=O) groups excluding carboxylic acids is 1. The van der Waals surface area contributed by atoms with Crippen molar-refractivity contribution in [2.75, 3.05) is 32.4 Å². The molecule has 3 rings (SSSR count). The maximum Gasteiger partial charge on any atom is 0.320 e. The molecule has 0 spiro atoms. The number of fused-ring (bicyclic) bond motifs is 2. The Morgan fingerprint density at radius 2 is 1.62 bits per heavy atom. The van der Waals surface area contributed by atoms with Crippen molar-refractivity contribution < 1.29 is 4.79 Å². The molecule has 2 amide bonds. The Labute approximate surface area is 133 Å². The molecule has 0 aromatic carbocycles. The average molecular weight is 311 g/mol. The second kappa shape index (κ2) is 6.37. The summed E-state index contributed by atoms with van der Waals surface area (Å²) in [5.41, 5.74) is 0. The molecule has 21 heavy (non-hydrogen) atoms. The molecule has 3 saturated heterocycles. The first-order chi connectivity index (χ1) is 10.1. The number of hydrogen-bond donors (Lipinski definition) is 0. The third kappa shape index (κ3) is 3.04. The summed E-state index contributed by atoms with van der Waals surface area (Å²) in [6, 6.07) is 1.84. The van der Waals surface area contributed by atoms with Gasteiger partial charge in [-0.3, -0.25) is 4.90 Å². The number of piperazine rings is 1. The Kier molecular flexibility index (Phi) is 4.69. The Balaban J connectivity index is 1.61. The Hall–Kier alpha value is -0.420. The van der Waals surface area contributed by atoms with E-state index in [9.17, 15) is 4.79 Å². The lowest BCUT2D eigenvalue weighted by atomic mass is 10.1. The molecule has 4 nitrogen and oxygen atoms in total. The summed E-state index contributed by atoms with van der Waals surface area (Å²) in [5, 5.41) is 0.753. The van der Waals surface area contributed by atoms with Crippen LogP contribution in [0.4, 0.5) is 4.79 Å². The third-order valence-corrected chi connectivity index (χ3v) is 6.65. The molecule has 0 saturated carbocycles. The van der Waals surface area contributed by atoms with Crippen molar-refractivity contribution in [3.63, 3.8) is 0 Å². The first-order valence-electron chi connectivity index (χ1n) is 8.44. The standard InChI is InChI=1S/C16H29N3OS/c1-12(2)18-10-13-4-5-14(11-18)19(13)16(20)17-8-6-15(21-3)7-9-17/h12-15H,4-11H2,1-3H3. The highest BCUT2D eigenvalue weighted by Gasteiger charge is 2.44. The van der Waals surface area contributed by atoms with Crippen LogP contribution in [0.2, 0.25) is 0 Å². The third-order valence-electron chi connectivity index (χ3n) is 5.51. The first kappa shape index (κ1) is 15.5. The van der Waals surface area contributed by atoms with Crippen molar-refractivity contribution in [2.24, 2.45) is 0 Å². The summed E-state index contributed by atoms with van der Waals surface area (Å²) in [6.07, 6.45) is 6.90. The zero-order valence-electron chi connectivity index (χ0n) is 13.6. The van der Waals surface area contributed by atoms with Crippen LogP contribution in [-0.2, 0) is 0 Å². The lowest BCUT2D eigenvalue weighted by Crippen LogP contribution is -2.60. The number of urea groups is 1. The van der Waals surface area contributed by atoms with Crippen molar-refractivity contribution in [1.29, 1.82) is 0 Å². The Morgan fingerprint density at radius 3 is 2.10 bits per heavy atom. The van der Waals surface area contributed by atoms with E-state index in [0.29, 0.717) is 24.2 Å². The predicted octanol–water partition coefficient (Wildman–Crippen LogP) is 2.49. The molecule has 3 aliphatic rings. The highest BCUT2D eigenvalue weighted by Crippen LogP contribution is 2.33. The quantitative estimate of drug-likeness (QED) is 0.784. The van der Waals surface area contributed by atoms with Gasteiger partial charge in [-0.15, -0.1) is 0 Å². The van der Waals surface area contributed by atoms with Crippen LogP contribution in [-0.4, -0.2) is 76.5 Å². The van der Waals surface area contributed by atoms with Gasteiger partial charge in [-0.1, -0.05) is 0 Å². The van der Waals surface area contributed by atoms with Gasteiger partial charge >= 0.3 is 6.03 Å². The van der Waals surface area contributed by atoms with E-state index >= 15 is 0 Å². The zero-order chi connectivity index (χ0) is 15.0. The van der Waals surface area contributed by atoms with E-state index < -0.39 is 0 Å². The second-order valence-corrected chi connectivity index (χ2v) is 8.18. The van der Waals surface area contributed by atoms with E-state index in [-0.39, 0.29) is 0 Å². The lowest BCUT2D eigenvalue weighted by molar-refractivity contribution is 0.0527. The summed E-state index contributed by atoms with van der Waals surface area (Å²) in [6.45, 7) is 8.58. The van der Waals surface area contributed by atoms with Gasteiger partial charge in [0.25, 0.3) is 0 Å². The van der Waals surface area contributed by atoms with Crippen molar-refractivity contribution in [2.45, 2.75) is 62.9 Å². The second-order valence-electron chi connectivity index (χ2n) is 7.04. The number of piperidine rings is 1. The van der Waals surface area contributed by atoms with E-state index in [1.807, 2.05) is 11.8 Å². The fourth-order valence-corrected chi connectivity index (χ4v) is 4.80. The molecule has 3 heterocycles. The molecule has 0 N–H and O–H groups in total. The van der Waals surface area contributed by atoms with Gasteiger partial charge in [0.15, 0.2) is 0 Å². The average Bonchev–Trinajstić information content (AvgIpc) is 2.76. The fraction of sp³-hybridized carbons (Fsp3) is 0.938. The smallest absolute Gasteiger partial charge is 0.320 e. The molecule has 0 aromatic rings. The minimum absolute atomic E-state index is 0.324. The Morgan fingerprint density at radius 1 is 1.05 bits per heavy atom. The van der Waals surface area contributed by atoms with Crippen LogP contribution in [0.1, 0.15) is 39.5 Å². The van der Waals surface area contributed by atoms with Gasteiger partial charge in [-0.25, -0.2) is 4.79 Å². The van der Waals surface area contributed by atoms with E-state index in [1.165, 1.54) is 12.8 Å². The molecule has 3 fully saturated rings. The topological polar surface area (TPSA) is 26.8 Å². The highest BCUT2D eigenvalue weighted by molar-refractivity contribution is 7.99. The van der Waals surface area contributed by atoms with Gasteiger partial charge in [0, 0.05) is 49.6 Å². The Bertz CT molecular complexity index is 368. The minimum Gasteiger partial charge on any atom is -0.325 e. The van der Waals surface area contributed by atoms with Gasteiger partial charge in [0.05, 0.1) is 0 Å². The molecule has 120 valence electrons. The number of carbonyl (C=O) groups is 1. The summed E-state index contributed by atoms with van der Waals surface area (Å²) in [7, 11) is 0. The van der Waals surface area contributed by atoms with Gasteiger partial charge < -0.3 is 9.80 Å². The van der Waals surface area contributed by atoms with Crippen LogP contribution in [0.5, 0.6) is 0 Å². The van der Waals surface area contributed by atoms with Crippen LogP contribution >= 0.6 is 11.8 Å². The number of nitrogens with zero attached hydrogens (tertiary/aromatic N) is 3. The molecule has 2 bridgehead atoms. The van der Waals surface area contributed by atoms with E-state index in [4.69, 9.17) is 0 Å². The number of likely N-dealkylation sites (tertiary alicyclic amines) is 2. The SMILES string of the molecule is CSC1CCN(C(=O)N2C3CCC2CN(C(C)C)C3)CC1. The van der Waals surface area contributed by atoms with Crippen molar-refractivity contribution >= 4 is 17.8 Å². The summed E-state index contributed by atoms with van der Waals surface area (Å²) in [5.74, 6) is 0. The highest BCUT2D eigenvalue weighted by atomic mass is 32.2. The van der Waals surface area contributed by atoms with E-state index in [0.717, 1.165) is 44.3 Å². The maximum atomic E-state index is 12.9.